The number of aromatic hydroxyl groups is 1. The van der Waals surface area contributed by atoms with Gasteiger partial charge in [0.05, 0.1) is 16.5 Å². The van der Waals surface area contributed by atoms with Gasteiger partial charge in [-0.3, -0.25) is 19.3 Å². The summed E-state index contributed by atoms with van der Waals surface area (Å²) in [7, 11) is 6.73. The van der Waals surface area contributed by atoms with Crippen molar-refractivity contribution in [1.29, 1.82) is 0 Å². The Kier molecular flexibility index (Phi) is 9.71. The van der Waals surface area contributed by atoms with Crippen molar-refractivity contribution in [3.8, 4) is 16.9 Å². The number of likely N-dealkylation sites (N-methyl/N-ethyl adjacent to an activating group) is 1. The largest absolute Gasteiger partial charge is 0.510 e. The lowest BCUT2D eigenvalue weighted by Gasteiger charge is -2.26. The van der Waals surface area contributed by atoms with E-state index < -0.39 is 52.5 Å². The highest BCUT2D eigenvalue weighted by atomic mass is 16.6. The maximum absolute atomic E-state index is 13.6. The van der Waals surface area contributed by atoms with Crippen molar-refractivity contribution in [2.75, 3.05) is 33.1 Å². The van der Waals surface area contributed by atoms with Crippen molar-refractivity contribution in [2.45, 2.75) is 37.8 Å². The average molecular weight is 584 g/mol. The fraction of sp³-hybridized carbons (Fsp3) is 0.345. The number of hydrogen-bond donors (Lipinski definition) is 6. The van der Waals surface area contributed by atoms with E-state index in [1.165, 1.54) is 24.3 Å². The molecule has 0 unspecified atom stereocenters. The van der Waals surface area contributed by atoms with Crippen LogP contribution in [0.2, 0.25) is 0 Å². The van der Waals surface area contributed by atoms with Gasteiger partial charge in [-0.15, -0.1) is 0 Å². The molecule has 0 saturated heterocycles. The number of aliphatic hydroxyl groups excluding tert-OH is 3. The molecule has 13 nitrogen and oxygen atoms in total. The van der Waals surface area contributed by atoms with Gasteiger partial charge in [0, 0.05) is 43.6 Å². The number of nitrogens with two attached hydrogens (primary N) is 1. The summed E-state index contributed by atoms with van der Waals surface area (Å²) in [5, 5.41) is 52.6. The van der Waals surface area contributed by atoms with Crippen LogP contribution >= 0.6 is 0 Å². The minimum atomic E-state index is -2.41. The summed E-state index contributed by atoms with van der Waals surface area (Å²) >= 11 is 0. The summed E-state index contributed by atoms with van der Waals surface area (Å²) in [5.41, 5.74) is 5.82. The monoisotopic (exact) mass is 583 g/mol. The van der Waals surface area contributed by atoms with E-state index >= 15 is 0 Å². The second-order valence-corrected chi connectivity index (χ2v) is 10.4. The molecule has 0 aromatic heterocycles. The second kappa shape index (κ2) is 12.8. The predicted octanol–water partition coefficient (Wildman–Crippen LogP) is 2.43. The smallest absolute Gasteiger partial charge is 0.316 e. The molecule has 2 atom stereocenters. The number of phenols is 1. The number of carbonyl (C=O) groups is 3. The van der Waals surface area contributed by atoms with Crippen molar-refractivity contribution in [3.63, 3.8) is 0 Å². The molecule has 2 aromatic rings. The SMILES string of the molecule is CN(C)c1cc(-c2ccc([N+](=O)O)cc2)c(O)c2c1CCCC[C@H](N(C)C)/C(O)=C(/C(N)=O)C(=O)[C@@H](O)/C(O)=C/C2=O. The number of aliphatic hydroxyl groups is 3. The molecule has 7 N–H and O–H groups in total. The van der Waals surface area contributed by atoms with Crippen molar-refractivity contribution >= 4 is 28.8 Å². The highest BCUT2D eigenvalue weighted by molar-refractivity contribution is 6.21. The third-order valence-electron chi connectivity index (χ3n) is 7.16. The Labute approximate surface area is 241 Å². The summed E-state index contributed by atoms with van der Waals surface area (Å²) in [6.07, 6.45) is -0.388. The van der Waals surface area contributed by atoms with Crippen LogP contribution in [0.15, 0.2) is 53.5 Å². The molecule has 0 fully saturated rings. The highest BCUT2D eigenvalue weighted by Gasteiger charge is 2.34. The number of Topliss-reactive ketones (excluding diaryl/α,β-unsaturated/α-hetero) is 1. The molecule has 0 aliphatic heterocycles. The second-order valence-electron chi connectivity index (χ2n) is 10.4. The van der Waals surface area contributed by atoms with Crippen LogP contribution in [0.25, 0.3) is 11.1 Å². The van der Waals surface area contributed by atoms with Crippen LogP contribution in [0.1, 0.15) is 35.2 Å². The summed E-state index contributed by atoms with van der Waals surface area (Å²) in [6.45, 7) is 0. The predicted molar refractivity (Wildman–Crippen MR) is 153 cm³/mol. The molecular weight excluding hydrogens is 548 g/mol. The van der Waals surface area contributed by atoms with Crippen LogP contribution in [-0.2, 0) is 16.0 Å². The zero-order valence-corrected chi connectivity index (χ0v) is 23.7. The molecular formula is C29H35N4O9+. The summed E-state index contributed by atoms with van der Waals surface area (Å²) < 4.78 is 0. The number of hydrogen-bond acceptors (Lipinski definition) is 10. The van der Waals surface area contributed by atoms with Crippen LogP contribution in [0, 0.1) is 4.91 Å². The maximum Gasteiger partial charge on any atom is 0.316 e. The number of rotatable bonds is 5. The third kappa shape index (κ3) is 6.42. The zero-order valence-electron chi connectivity index (χ0n) is 23.7. The van der Waals surface area contributed by atoms with E-state index in [9.17, 15) is 39.7 Å². The Morgan fingerprint density at radius 2 is 1.64 bits per heavy atom. The quantitative estimate of drug-likeness (QED) is 0.223. The van der Waals surface area contributed by atoms with Gasteiger partial charge >= 0.3 is 5.69 Å². The average Bonchev–Trinajstić information content (AvgIpc) is 2.91. The van der Waals surface area contributed by atoms with Gasteiger partial charge in [0.2, 0.25) is 5.78 Å². The van der Waals surface area contributed by atoms with Gasteiger partial charge in [0.15, 0.2) is 11.9 Å². The van der Waals surface area contributed by atoms with E-state index in [-0.39, 0.29) is 34.6 Å². The standard InChI is InChI=1S/C29H34N4O9/c1-31(2)19-8-6-5-7-17-20(32(3)4)13-18(15-9-11-16(12-10-15)33(41)42)25(36)23(17)21(34)14-22(35)27(38)28(39)24(26(19)37)29(30)40/h9-14,19,27,38H,5-8H2,1-4H3,(H5-,30,34,35,36,37,39,40,41,42)/p+1/t19-,27-/m0/s1. The van der Waals surface area contributed by atoms with Crippen molar-refractivity contribution < 1.29 is 44.9 Å². The molecule has 1 aliphatic rings. The summed E-state index contributed by atoms with van der Waals surface area (Å²) in [6, 6.07) is 6.40. The number of nitrogens with zero attached hydrogens (tertiary/aromatic N) is 3. The lowest BCUT2D eigenvalue weighted by Crippen LogP contribution is -2.37. The molecule has 1 amide bonds. The number of allylic oxidation sites excluding steroid dienone is 1. The topological polar surface area (TPSA) is 205 Å². The lowest BCUT2D eigenvalue weighted by molar-refractivity contribution is -0.729. The number of phenolic OH excluding ortho intramolecular Hbond substituents is 1. The third-order valence-corrected chi connectivity index (χ3v) is 7.16. The summed E-state index contributed by atoms with van der Waals surface area (Å²) in [5.74, 6) is -5.88. The minimum absolute atomic E-state index is 0.0570. The number of ketones is 2. The Hall–Kier alpha value is -4.75. The molecule has 0 bridgehead atoms. The molecule has 0 spiro atoms. The van der Waals surface area contributed by atoms with Gasteiger partial charge in [-0.05, 0) is 62.7 Å². The lowest BCUT2D eigenvalue weighted by atomic mass is 9.88. The Morgan fingerprint density at radius 1 is 1.02 bits per heavy atom. The molecule has 42 heavy (non-hydrogen) atoms. The number of benzene rings is 2. The van der Waals surface area contributed by atoms with Gasteiger partial charge in [-0.2, -0.15) is 0 Å². The van der Waals surface area contributed by atoms with Crippen LogP contribution < -0.4 is 10.6 Å². The fourth-order valence-corrected chi connectivity index (χ4v) is 4.98. The molecule has 3 rings (SSSR count). The van der Waals surface area contributed by atoms with Crippen LogP contribution in [0.3, 0.4) is 0 Å². The first-order valence-corrected chi connectivity index (χ1v) is 13.1. The Balaban J connectivity index is 2.28. The van der Waals surface area contributed by atoms with Crippen molar-refractivity contribution in [1.82, 2.24) is 4.90 Å². The van der Waals surface area contributed by atoms with Crippen LogP contribution in [0.4, 0.5) is 11.4 Å². The molecule has 0 heterocycles. The number of carbonyl (C=O) groups excluding carboxylic acids is 3. The number of fused-ring (bicyclic) bond motifs is 1. The van der Waals surface area contributed by atoms with E-state index in [4.69, 9.17) is 10.9 Å². The first kappa shape index (κ1) is 31.8. The first-order valence-electron chi connectivity index (χ1n) is 13.1. The minimum Gasteiger partial charge on any atom is -0.510 e. The normalized spacial score (nSPS) is 21.7. The molecule has 224 valence electrons. The van der Waals surface area contributed by atoms with E-state index in [0.717, 1.165) is 0 Å². The van der Waals surface area contributed by atoms with Gasteiger partial charge in [-0.1, -0.05) is 6.42 Å². The Bertz CT molecular complexity index is 1480. The Morgan fingerprint density at radius 3 is 2.17 bits per heavy atom. The van der Waals surface area contributed by atoms with Crippen LogP contribution in [-0.4, -0.2) is 93.3 Å². The van der Waals surface area contributed by atoms with Gasteiger partial charge in [-0.25, -0.2) is 5.21 Å². The van der Waals surface area contributed by atoms with E-state index in [1.54, 1.807) is 44.1 Å². The molecule has 2 aromatic carbocycles. The van der Waals surface area contributed by atoms with Crippen LogP contribution in [0.5, 0.6) is 5.75 Å². The fourth-order valence-electron chi connectivity index (χ4n) is 4.98. The number of anilines is 1. The maximum atomic E-state index is 13.6. The van der Waals surface area contributed by atoms with Crippen molar-refractivity contribution in [2.24, 2.45) is 5.73 Å². The molecule has 1 aliphatic carbocycles. The zero-order chi connectivity index (χ0) is 31.5. The van der Waals surface area contributed by atoms with E-state index in [0.29, 0.717) is 35.7 Å². The van der Waals surface area contributed by atoms with Gasteiger partial charge in [0.1, 0.15) is 22.8 Å². The van der Waals surface area contributed by atoms with E-state index in [1.807, 2.05) is 0 Å². The first-order chi connectivity index (χ1) is 19.7. The van der Waals surface area contributed by atoms with Gasteiger partial charge < -0.3 is 31.1 Å². The molecule has 0 radical (unpaired) electrons. The van der Waals surface area contributed by atoms with E-state index in [2.05, 4.69) is 0 Å². The molecule has 0 saturated carbocycles. The van der Waals surface area contributed by atoms with Gasteiger partial charge in [0.25, 0.3) is 10.8 Å². The molecule has 13 heteroatoms. The number of amides is 1. The van der Waals surface area contributed by atoms with Crippen molar-refractivity contribution in [3.05, 3.63) is 69.5 Å². The summed E-state index contributed by atoms with van der Waals surface area (Å²) in [4.78, 5) is 53.0. The number of primary amides is 1. The highest BCUT2D eigenvalue weighted by Crippen LogP contribution is 2.41.